The van der Waals surface area contributed by atoms with Gasteiger partial charge in [0.25, 0.3) is 0 Å². The van der Waals surface area contributed by atoms with Crippen molar-refractivity contribution in [2.24, 2.45) is 0 Å². The summed E-state index contributed by atoms with van der Waals surface area (Å²) in [6.45, 7) is 3.89. The molecule has 0 saturated heterocycles. The standard InChI is InChI=1S/C8H18O2/c1-8(2,10)6-4-3-5-7-9/h9-10H,3-7H2,1-2H3. The maximum atomic E-state index is 9.25. The van der Waals surface area contributed by atoms with Crippen LogP contribution >= 0.6 is 0 Å². The van der Waals surface area contributed by atoms with Gasteiger partial charge in [-0.25, -0.2) is 0 Å². The molecule has 0 atom stereocenters. The molecule has 0 rings (SSSR count). The van der Waals surface area contributed by atoms with Gasteiger partial charge in [0.15, 0.2) is 0 Å². The normalized spacial score (nSPS) is 12.0. The summed E-state index contributed by atoms with van der Waals surface area (Å²) < 4.78 is 0. The largest absolute Gasteiger partial charge is 0.396 e. The van der Waals surface area contributed by atoms with E-state index in [1.807, 2.05) is 13.8 Å². The van der Waals surface area contributed by atoms with Crippen LogP contribution in [0.3, 0.4) is 0 Å². The molecule has 62 valence electrons. The Labute approximate surface area is 62.9 Å². The van der Waals surface area contributed by atoms with Gasteiger partial charge in [-0.15, -0.1) is 0 Å². The van der Waals surface area contributed by atoms with Gasteiger partial charge in [0.2, 0.25) is 0 Å². The molecule has 0 aliphatic carbocycles. The topological polar surface area (TPSA) is 40.5 Å². The van der Waals surface area contributed by atoms with Crippen molar-refractivity contribution >= 4 is 0 Å². The van der Waals surface area contributed by atoms with Gasteiger partial charge in [0.1, 0.15) is 0 Å². The van der Waals surface area contributed by atoms with E-state index in [4.69, 9.17) is 5.11 Å². The van der Waals surface area contributed by atoms with Gasteiger partial charge in [0.05, 0.1) is 5.60 Å². The lowest BCUT2D eigenvalue weighted by Crippen LogP contribution is -2.17. The van der Waals surface area contributed by atoms with E-state index in [0.29, 0.717) is 0 Å². The van der Waals surface area contributed by atoms with Crippen LogP contribution in [0.2, 0.25) is 0 Å². The quantitative estimate of drug-likeness (QED) is 0.574. The molecule has 0 unspecified atom stereocenters. The summed E-state index contributed by atoms with van der Waals surface area (Å²) in [5.74, 6) is 0. The number of unbranched alkanes of at least 4 members (excludes halogenated alkanes) is 2. The van der Waals surface area contributed by atoms with Gasteiger partial charge >= 0.3 is 0 Å². The first-order valence-electron chi connectivity index (χ1n) is 3.89. The molecule has 0 spiro atoms. The van der Waals surface area contributed by atoms with Crippen molar-refractivity contribution < 1.29 is 10.2 Å². The third-order valence-electron chi connectivity index (χ3n) is 1.45. The van der Waals surface area contributed by atoms with Crippen molar-refractivity contribution in [1.29, 1.82) is 0 Å². The molecule has 0 heterocycles. The Morgan fingerprint density at radius 2 is 1.70 bits per heavy atom. The fourth-order valence-corrected chi connectivity index (χ4v) is 0.846. The van der Waals surface area contributed by atoms with E-state index in [0.717, 1.165) is 25.7 Å². The van der Waals surface area contributed by atoms with Crippen LogP contribution in [0, 0.1) is 0 Å². The fourth-order valence-electron chi connectivity index (χ4n) is 0.846. The maximum Gasteiger partial charge on any atom is 0.0591 e. The van der Waals surface area contributed by atoms with Crippen LogP contribution in [0.25, 0.3) is 0 Å². The van der Waals surface area contributed by atoms with Crippen molar-refractivity contribution in [2.45, 2.75) is 45.1 Å². The summed E-state index contributed by atoms with van der Waals surface area (Å²) in [7, 11) is 0. The molecule has 2 nitrogen and oxygen atoms in total. The molecule has 2 heteroatoms. The number of aliphatic hydroxyl groups excluding tert-OH is 1. The van der Waals surface area contributed by atoms with E-state index >= 15 is 0 Å². The Hall–Kier alpha value is -0.0800. The van der Waals surface area contributed by atoms with E-state index in [-0.39, 0.29) is 6.61 Å². The molecule has 10 heavy (non-hydrogen) atoms. The molecule has 0 fully saturated rings. The lowest BCUT2D eigenvalue weighted by molar-refractivity contribution is 0.0676. The highest BCUT2D eigenvalue weighted by Gasteiger charge is 2.10. The summed E-state index contributed by atoms with van der Waals surface area (Å²) in [5, 5.41) is 17.7. The summed E-state index contributed by atoms with van der Waals surface area (Å²) >= 11 is 0. The Bertz CT molecular complexity index is 73.8. The highest BCUT2D eigenvalue weighted by molar-refractivity contribution is 4.63. The predicted molar refractivity (Wildman–Crippen MR) is 41.9 cm³/mol. The number of hydrogen-bond acceptors (Lipinski definition) is 2. The summed E-state index contributed by atoms with van der Waals surface area (Å²) in [6.07, 6.45) is 3.70. The Balaban J connectivity index is 3.04. The van der Waals surface area contributed by atoms with E-state index in [9.17, 15) is 5.11 Å². The van der Waals surface area contributed by atoms with Gasteiger partial charge in [-0.1, -0.05) is 12.8 Å². The zero-order chi connectivity index (χ0) is 8.04. The second kappa shape index (κ2) is 4.69. The van der Waals surface area contributed by atoms with Crippen LogP contribution in [0.4, 0.5) is 0 Å². The molecule has 0 aromatic carbocycles. The minimum Gasteiger partial charge on any atom is -0.396 e. The SMILES string of the molecule is CC(C)(O)CCCCCO. The van der Waals surface area contributed by atoms with Gasteiger partial charge in [0, 0.05) is 6.61 Å². The molecule has 0 radical (unpaired) electrons. The first-order chi connectivity index (χ1) is 4.56. The maximum absolute atomic E-state index is 9.25. The van der Waals surface area contributed by atoms with Crippen LogP contribution < -0.4 is 0 Å². The highest BCUT2D eigenvalue weighted by atomic mass is 16.3. The first kappa shape index (κ1) is 9.92. The fraction of sp³-hybridized carbons (Fsp3) is 1.00. The molecule has 2 N–H and O–H groups in total. The number of aliphatic hydroxyl groups is 2. The van der Waals surface area contributed by atoms with Crippen LogP contribution in [-0.4, -0.2) is 22.4 Å². The minimum absolute atomic E-state index is 0.270. The average molecular weight is 146 g/mol. The highest BCUT2D eigenvalue weighted by Crippen LogP contribution is 2.12. The van der Waals surface area contributed by atoms with Crippen molar-refractivity contribution in [3.05, 3.63) is 0 Å². The van der Waals surface area contributed by atoms with E-state index in [1.54, 1.807) is 0 Å². The second-order valence-corrected chi connectivity index (χ2v) is 3.35. The van der Waals surface area contributed by atoms with E-state index in [2.05, 4.69) is 0 Å². The average Bonchev–Trinajstić information content (AvgIpc) is 1.78. The lowest BCUT2D eigenvalue weighted by Gasteiger charge is -2.15. The second-order valence-electron chi connectivity index (χ2n) is 3.35. The van der Waals surface area contributed by atoms with Crippen LogP contribution in [0.5, 0.6) is 0 Å². The van der Waals surface area contributed by atoms with Crippen molar-refractivity contribution in [3.63, 3.8) is 0 Å². The molecule has 0 amide bonds. The first-order valence-corrected chi connectivity index (χ1v) is 3.89. The number of rotatable bonds is 5. The predicted octanol–water partition coefficient (Wildman–Crippen LogP) is 1.31. The monoisotopic (exact) mass is 146 g/mol. The molecule has 0 aliphatic rings. The van der Waals surface area contributed by atoms with Crippen LogP contribution in [0.15, 0.2) is 0 Å². The summed E-state index contributed by atoms with van der Waals surface area (Å²) in [6, 6.07) is 0. The van der Waals surface area contributed by atoms with E-state index < -0.39 is 5.60 Å². The van der Waals surface area contributed by atoms with Crippen molar-refractivity contribution in [3.8, 4) is 0 Å². The minimum atomic E-state index is -0.532. The zero-order valence-electron chi connectivity index (χ0n) is 6.93. The molecule has 0 aromatic rings. The zero-order valence-corrected chi connectivity index (χ0v) is 6.93. The molecular weight excluding hydrogens is 128 g/mol. The van der Waals surface area contributed by atoms with Gasteiger partial charge < -0.3 is 10.2 Å². The van der Waals surface area contributed by atoms with Crippen LogP contribution in [-0.2, 0) is 0 Å². The Kier molecular flexibility index (Phi) is 4.65. The Morgan fingerprint density at radius 3 is 2.10 bits per heavy atom. The number of hydrogen-bond donors (Lipinski definition) is 2. The van der Waals surface area contributed by atoms with Crippen molar-refractivity contribution in [1.82, 2.24) is 0 Å². The lowest BCUT2D eigenvalue weighted by atomic mass is 10.0. The van der Waals surface area contributed by atoms with Crippen LogP contribution in [0.1, 0.15) is 39.5 Å². The third-order valence-corrected chi connectivity index (χ3v) is 1.45. The van der Waals surface area contributed by atoms with Gasteiger partial charge in [-0.05, 0) is 26.7 Å². The third kappa shape index (κ3) is 7.92. The van der Waals surface area contributed by atoms with Crippen molar-refractivity contribution in [2.75, 3.05) is 6.61 Å². The molecule has 0 aliphatic heterocycles. The van der Waals surface area contributed by atoms with Gasteiger partial charge in [-0.3, -0.25) is 0 Å². The summed E-state index contributed by atoms with van der Waals surface area (Å²) in [5.41, 5.74) is -0.532. The van der Waals surface area contributed by atoms with E-state index in [1.165, 1.54) is 0 Å². The smallest absolute Gasteiger partial charge is 0.0591 e. The molecular formula is C8H18O2. The molecule has 0 bridgehead atoms. The van der Waals surface area contributed by atoms with Gasteiger partial charge in [-0.2, -0.15) is 0 Å². The molecule has 0 aromatic heterocycles. The summed E-state index contributed by atoms with van der Waals surface area (Å²) in [4.78, 5) is 0. The Morgan fingerprint density at radius 1 is 1.10 bits per heavy atom. The molecule has 0 saturated carbocycles.